The molecule has 0 aliphatic heterocycles. The first-order valence-corrected chi connectivity index (χ1v) is 4.40. The number of nitrogens with one attached hydrogen (secondary N) is 1. The summed E-state index contributed by atoms with van der Waals surface area (Å²) >= 11 is 0. The van der Waals surface area contributed by atoms with Gasteiger partial charge in [-0.25, -0.2) is 9.59 Å². The molecule has 84 valence electrons. The highest BCUT2D eigenvalue weighted by Gasteiger charge is 2.20. The summed E-state index contributed by atoms with van der Waals surface area (Å²) in [5.74, 6) is -1.21. The lowest BCUT2D eigenvalue weighted by molar-refractivity contribution is -0.147. The first-order chi connectivity index (χ1) is 6.91. The van der Waals surface area contributed by atoms with Gasteiger partial charge in [-0.3, -0.25) is 4.98 Å². The third-order valence-corrected chi connectivity index (χ3v) is 1.85. The van der Waals surface area contributed by atoms with Crippen LogP contribution in [0.2, 0.25) is 0 Å². The minimum absolute atomic E-state index is 0.0965. The molecule has 1 aromatic heterocycles. The molecule has 0 unspecified atom stereocenters. The summed E-state index contributed by atoms with van der Waals surface area (Å²) in [6.07, 6.45) is 0.952. The standard InChI is InChI=1S/C8H13N3O4/c1-4(2)6(9)7(13)15-11-3-5(12)10-8(11)14/h3-4,6,12H,9H2,1-2H3,(H,10,14)/t6-/m0/s1. The van der Waals surface area contributed by atoms with Gasteiger partial charge in [0.05, 0.1) is 0 Å². The Bertz CT molecular complexity index is 406. The average molecular weight is 215 g/mol. The fourth-order valence-electron chi connectivity index (χ4n) is 0.864. The Balaban J connectivity index is 2.75. The molecule has 0 radical (unpaired) electrons. The summed E-state index contributed by atoms with van der Waals surface area (Å²) in [6, 6.07) is -0.811. The van der Waals surface area contributed by atoms with Crippen LogP contribution in [0.4, 0.5) is 0 Å². The largest absolute Gasteiger partial charge is 0.493 e. The van der Waals surface area contributed by atoms with Gasteiger partial charge in [-0.2, -0.15) is 0 Å². The van der Waals surface area contributed by atoms with Crippen molar-refractivity contribution in [1.29, 1.82) is 0 Å². The van der Waals surface area contributed by atoms with E-state index >= 15 is 0 Å². The maximum atomic E-state index is 11.3. The van der Waals surface area contributed by atoms with Crippen LogP contribution in [0.5, 0.6) is 5.88 Å². The Morgan fingerprint density at radius 3 is 2.67 bits per heavy atom. The zero-order chi connectivity index (χ0) is 11.6. The van der Waals surface area contributed by atoms with Crippen molar-refractivity contribution in [3.8, 4) is 5.88 Å². The van der Waals surface area contributed by atoms with E-state index in [2.05, 4.69) is 4.84 Å². The highest BCUT2D eigenvalue weighted by molar-refractivity contribution is 5.76. The van der Waals surface area contributed by atoms with E-state index in [1.54, 1.807) is 13.8 Å². The van der Waals surface area contributed by atoms with Crippen molar-refractivity contribution in [2.24, 2.45) is 11.7 Å². The second-order valence-electron chi connectivity index (χ2n) is 3.45. The third-order valence-electron chi connectivity index (χ3n) is 1.85. The molecular weight excluding hydrogens is 202 g/mol. The topological polar surface area (TPSA) is 110 Å². The average Bonchev–Trinajstić information content (AvgIpc) is 2.43. The molecular formula is C8H13N3O4. The number of aromatic amines is 1. The van der Waals surface area contributed by atoms with Gasteiger partial charge < -0.3 is 15.7 Å². The van der Waals surface area contributed by atoms with E-state index in [1.165, 1.54) is 0 Å². The van der Waals surface area contributed by atoms with Gasteiger partial charge in [-0.05, 0) is 5.92 Å². The third kappa shape index (κ3) is 2.59. The highest BCUT2D eigenvalue weighted by atomic mass is 16.7. The number of H-pyrrole nitrogens is 1. The second-order valence-corrected chi connectivity index (χ2v) is 3.45. The molecule has 1 rings (SSSR count). The normalized spacial score (nSPS) is 12.8. The summed E-state index contributed by atoms with van der Waals surface area (Å²) in [7, 11) is 0. The van der Waals surface area contributed by atoms with Crippen molar-refractivity contribution >= 4 is 5.97 Å². The molecule has 0 aliphatic rings. The lowest BCUT2D eigenvalue weighted by atomic mass is 10.1. The van der Waals surface area contributed by atoms with E-state index in [-0.39, 0.29) is 11.8 Å². The van der Waals surface area contributed by atoms with Crippen LogP contribution >= 0.6 is 0 Å². The molecule has 1 aromatic rings. The van der Waals surface area contributed by atoms with Gasteiger partial charge in [-0.15, -0.1) is 4.73 Å². The number of hydrogen-bond donors (Lipinski definition) is 3. The smallest absolute Gasteiger partial charge is 0.361 e. The Labute approximate surface area is 85.4 Å². The van der Waals surface area contributed by atoms with E-state index in [0.717, 1.165) is 6.20 Å². The fourth-order valence-corrected chi connectivity index (χ4v) is 0.864. The first kappa shape index (κ1) is 11.3. The predicted molar refractivity (Wildman–Crippen MR) is 51.1 cm³/mol. The minimum atomic E-state index is -0.811. The minimum Gasteiger partial charge on any atom is -0.493 e. The molecule has 0 fully saturated rings. The summed E-state index contributed by atoms with van der Waals surface area (Å²) in [6.45, 7) is 3.51. The van der Waals surface area contributed by atoms with Gasteiger partial charge >= 0.3 is 11.7 Å². The molecule has 7 nitrogen and oxygen atoms in total. The lowest BCUT2D eigenvalue weighted by Crippen LogP contribution is -2.43. The molecule has 0 saturated carbocycles. The number of nitrogens with zero attached hydrogens (tertiary/aromatic N) is 1. The molecule has 1 atom stereocenters. The van der Waals surface area contributed by atoms with E-state index in [1.807, 2.05) is 4.98 Å². The van der Waals surface area contributed by atoms with Gasteiger partial charge in [0.15, 0.2) is 0 Å². The van der Waals surface area contributed by atoms with Gasteiger partial charge in [0.25, 0.3) is 0 Å². The van der Waals surface area contributed by atoms with E-state index in [4.69, 9.17) is 10.8 Å². The van der Waals surface area contributed by atoms with Crippen molar-refractivity contribution in [2.45, 2.75) is 19.9 Å². The van der Waals surface area contributed by atoms with Gasteiger partial charge in [0.1, 0.15) is 12.2 Å². The highest BCUT2D eigenvalue weighted by Crippen LogP contribution is 2.00. The molecule has 4 N–H and O–H groups in total. The van der Waals surface area contributed by atoms with Gasteiger partial charge in [-0.1, -0.05) is 13.8 Å². The van der Waals surface area contributed by atoms with Crippen LogP contribution in [0.25, 0.3) is 0 Å². The Kier molecular flexibility index (Phi) is 3.15. The molecule has 0 bridgehead atoms. The van der Waals surface area contributed by atoms with Crippen molar-refractivity contribution in [2.75, 3.05) is 0 Å². The van der Waals surface area contributed by atoms with Crippen molar-refractivity contribution in [3.05, 3.63) is 16.7 Å². The Morgan fingerprint density at radius 2 is 2.27 bits per heavy atom. The van der Waals surface area contributed by atoms with Crippen molar-refractivity contribution < 1.29 is 14.7 Å². The molecule has 0 aromatic carbocycles. The Morgan fingerprint density at radius 1 is 1.67 bits per heavy atom. The SMILES string of the molecule is CC(C)[C@H](N)C(=O)On1cc(O)[nH]c1=O. The van der Waals surface area contributed by atoms with Crippen LogP contribution in [-0.2, 0) is 4.79 Å². The van der Waals surface area contributed by atoms with Crippen LogP contribution in [-0.4, -0.2) is 26.8 Å². The summed E-state index contributed by atoms with van der Waals surface area (Å²) < 4.78 is 0.597. The quantitative estimate of drug-likeness (QED) is 0.587. The zero-order valence-electron chi connectivity index (χ0n) is 8.43. The first-order valence-electron chi connectivity index (χ1n) is 4.40. The number of carbonyl (C=O) groups is 1. The molecule has 1 heterocycles. The van der Waals surface area contributed by atoms with E-state index < -0.39 is 17.7 Å². The summed E-state index contributed by atoms with van der Waals surface area (Å²) in [5.41, 5.74) is 4.76. The van der Waals surface area contributed by atoms with Crippen LogP contribution in [0.3, 0.4) is 0 Å². The summed E-state index contributed by atoms with van der Waals surface area (Å²) in [5, 5.41) is 8.90. The lowest BCUT2D eigenvalue weighted by Gasteiger charge is -2.12. The maximum absolute atomic E-state index is 11.3. The van der Waals surface area contributed by atoms with Gasteiger partial charge in [0.2, 0.25) is 5.88 Å². The van der Waals surface area contributed by atoms with E-state index in [9.17, 15) is 9.59 Å². The maximum Gasteiger partial charge on any atom is 0.361 e. The van der Waals surface area contributed by atoms with E-state index in [0.29, 0.717) is 4.73 Å². The zero-order valence-corrected chi connectivity index (χ0v) is 8.43. The molecule has 0 spiro atoms. The van der Waals surface area contributed by atoms with Gasteiger partial charge in [0, 0.05) is 0 Å². The van der Waals surface area contributed by atoms with Crippen LogP contribution in [0.15, 0.2) is 11.0 Å². The monoisotopic (exact) mass is 215 g/mol. The molecule has 15 heavy (non-hydrogen) atoms. The van der Waals surface area contributed by atoms with Crippen molar-refractivity contribution in [1.82, 2.24) is 9.71 Å². The van der Waals surface area contributed by atoms with Crippen LogP contribution in [0, 0.1) is 5.92 Å². The predicted octanol–water partition coefficient (Wildman–Crippen LogP) is -1.18. The molecule has 7 heteroatoms. The Hall–Kier alpha value is -1.76. The molecule has 0 saturated heterocycles. The van der Waals surface area contributed by atoms with Crippen molar-refractivity contribution in [3.63, 3.8) is 0 Å². The fraction of sp³-hybridized carbons (Fsp3) is 0.500. The number of nitrogens with two attached hydrogens (primary N) is 1. The number of imidazole rings is 1. The summed E-state index contributed by atoms with van der Waals surface area (Å²) in [4.78, 5) is 29.0. The molecule has 0 amide bonds. The number of carbonyl (C=O) groups excluding carboxylic acids is 1. The number of rotatable bonds is 3. The number of aromatic nitrogens is 2. The second kappa shape index (κ2) is 4.18. The molecule has 0 aliphatic carbocycles. The van der Waals surface area contributed by atoms with Crippen LogP contribution in [0.1, 0.15) is 13.8 Å². The van der Waals surface area contributed by atoms with Crippen LogP contribution < -0.4 is 16.3 Å². The number of hydrogen-bond acceptors (Lipinski definition) is 5. The number of aromatic hydroxyl groups is 1.